The number of carbonyl (C=O) groups excluding carboxylic acids is 1. The van der Waals surface area contributed by atoms with Gasteiger partial charge in [0.15, 0.2) is 5.78 Å². The lowest BCUT2D eigenvalue weighted by Gasteiger charge is -1.99. The van der Waals surface area contributed by atoms with E-state index in [1.165, 1.54) is 6.92 Å². The van der Waals surface area contributed by atoms with Crippen molar-refractivity contribution in [1.82, 2.24) is 4.98 Å². The number of H-pyrrole nitrogens is 1. The minimum atomic E-state index is 0.0174. The fourth-order valence-corrected chi connectivity index (χ4v) is 2.00. The standard InChI is InChI=1S/C12H13NO2/c1-6-4-9-11(8(3)14)7(2)13-12(9)10(15)5-6/h4-5,13,15H,1-3H3. The second-order valence-corrected chi connectivity index (χ2v) is 3.89. The Bertz CT molecular complexity index is 552. The van der Waals surface area contributed by atoms with Crippen molar-refractivity contribution < 1.29 is 9.90 Å². The maximum Gasteiger partial charge on any atom is 0.162 e. The van der Waals surface area contributed by atoms with Gasteiger partial charge in [-0.25, -0.2) is 0 Å². The SMILES string of the molecule is CC(=O)c1c(C)[nH]c2c(O)cc(C)cc12. The van der Waals surface area contributed by atoms with Crippen molar-refractivity contribution in [2.45, 2.75) is 20.8 Å². The number of hydrogen-bond donors (Lipinski definition) is 2. The molecule has 0 fully saturated rings. The third-order valence-electron chi connectivity index (χ3n) is 2.57. The van der Waals surface area contributed by atoms with Crippen LogP contribution in [0.15, 0.2) is 12.1 Å². The molecule has 0 aliphatic rings. The van der Waals surface area contributed by atoms with Crippen LogP contribution in [0.2, 0.25) is 0 Å². The van der Waals surface area contributed by atoms with E-state index in [1.807, 2.05) is 19.9 Å². The summed E-state index contributed by atoms with van der Waals surface area (Å²) in [6.45, 7) is 5.27. The number of aryl methyl sites for hydroxylation is 2. The smallest absolute Gasteiger partial charge is 0.162 e. The topological polar surface area (TPSA) is 53.1 Å². The highest BCUT2D eigenvalue weighted by molar-refractivity contribution is 6.09. The molecule has 0 radical (unpaired) electrons. The molecule has 1 aromatic carbocycles. The predicted octanol–water partition coefficient (Wildman–Crippen LogP) is 2.69. The van der Waals surface area contributed by atoms with Crippen molar-refractivity contribution in [1.29, 1.82) is 0 Å². The largest absolute Gasteiger partial charge is 0.506 e. The second kappa shape index (κ2) is 3.12. The molecule has 3 nitrogen and oxygen atoms in total. The first-order chi connectivity index (χ1) is 7.00. The quantitative estimate of drug-likeness (QED) is 0.700. The fraction of sp³-hybridized carbons (Fsp3) is 0.250. The zero-order chi connectivity index (χ0) is 11.2. The van der Waals surface area contributed by atoms with Crippen LogP contribution in [0.5, 0.6) is 5.75 Å². The molecule has 0 amide bonds. The molecule has 15 heavy (non-hydrogen) atoms. The number of benzene rings is 1. The highest BCUT2D eigenvalue weighted by atomic mass is 16.3. The predicted molar refractivity (Wildman–Crippen MR) is 59.4 cm³/mol. The number of carbonyl (C=O) groups is 1. The number of aromatic hydroxyl groups is 1. The number of fused-ring (bicyclic) bond motifs is 1. The Balaban J connectivity index is 2.93. The van der Waals surface area contributed by atoms with Crippen molar-refractivity contribution in [3.8, 4) is 5.75 Å². The maximum atomic E-state index is 11.5. The molecule has 78 valence electrons. The summed E-state index contributed by atoms with van der Waals surface area (Å²) in [7, 11) is 0. The van der Waals surface area contributed by atoms with E-state index in [2.05, 4.69) is 4.98 Å². The van der Waals surface area contributed by atoms with E-state index in [4.69, 9.17) is 0 Å². The minimum absolute atomic E-state index is 0.0174. The van der Waals surface area contributed by atoms with Gasteiger partial charge in [0.05, 0.1) is 5.52 Å². The fourth-order valence-electron chi connectivity index (χ4n) is 2.00. The molecular weight excluding hydrogens is 190 g/mol. The number of aromatic amines is 1. The first-order valence-electron chi connectivity index (χ1n) is 4.83. The molecule has 1 heterocycles. The Morgan fingerprint density at radius 2 is 2.00 bits per heavy atom. The molecule has 1 aromatic heterocycles. The van der Waals surface area contributed by atoms with Crippen LogP contribution in [-0.2, 0) is 0 Å². The number of Topliss-reactive ketones (excluding diaryl/α,β-unsaturated/α-hetero) is 1. The van der Waals surface area contributed by atoms with Crippen molar-refractivity contribution in [3.05, 3.63) is 29.0 Å². The summed E-state index contributed by atoms with van der Waals surface area (Å²) in [6, 6.07) is 3.59. The number of aromatic nitrogens is 1. The molecule has 0 aliphatic carbocycles. The van der Waals surface area contributed by atoms with Crippen LogP contribution in [0, 0.1) is 13.8 Å². The van der Waals surface area contributed by atoms with Crippen molar-refractivity contribution in [2.24, 2.45) is 0 Å². The summed E-state index contributed by atoms with van der Waals surface area (Å²) >= 11 is 0. The van der Waals surface area contributed by atoms with Gasteiger partial charge in [0, 0.05) is 16.6 Å². The van der Waals surface area contributed by atoms with Gasteiger partial charge in [0.1, 0.15) is 5.75 Å². The van der Waals surface area contributed by atoms with E-state index >= 15 is 0 Å². The Morgan fingerprint density at radius 3 is 2.60 bits per heavy atom. The van der Waals surface area contributed by atoms with Gasteiger partial charge in [0.25, 0.3) is 0 Å². The van der Waals surface area contributed by atoms with Crippen LogP contribution in [0.1, 0.15) is 28.5 Å². The molecule has 0 unspecified atom stereocenters. The normalized spacial score (nSPS) is 10.9. The van der Waals surface area contributed by atoms with Gasteiger partial charge in [0.2, 0.25) is 0 Å². The summed E-state index contributed by atoms with van der Waals surface area (Å²) in [6.07, 6.45) is 0. The summed E-state index contributed by atoms with van der Waals surface area (Å²) in [5.41, 5.74) is 3.06. The molecule has 0 saturated heterocycles. The summed E-state index contributed by atoms with van der Waals surface area (Å²) in [5, 5.41) is 10.5. The van der Waals surface area contributed by atoms with Crippen molar-refractivity contribution >= 4 is 16.7 Å². The van der Waals surface area contributed by atoms with Crippen molar-refractivity contribution in [3.63, 3.8) is 0 Å². The number of nitrogens with one attached hydrogen (secondary N) is 1. The molecular formula is C12H13NO2. The van der Waals surface area contributed by atoms with Crippen LogP contribution in [0.3, 0.4) is 0 Å². The zero-order valence-corrected chi connectivity index (χ0v) is 9.01. The highest BCUT2D eigenvalue weighted by Gasteiger charge is 2.14. The lowest BCUT2D eigenvalue weighted by Crippen LogP contribution is -1.92. The Morgan fingerprint density at radius 1 is 1.33 bits per heavy atom. The summed E-state index contributed by atoms with van der Waals surface area (Å²) in [4.78, 5) is 14.5. The third kappa shape index (κ3) is 1.40. The van der Waals surface area contributed by atoms with Gasteiger partial charge in [-0.3, -0.25) is 4.79 Å². The summed E-state index contributed by atoms with van der Waals surface area (Å²) in [5.74, 6) is 0.212. The molecule has 2 N–H and O–H groups in total. The first-order valence-corrected chi connectivity index (χ1v) is 4.83. The molecule has 3 heteroatoms. The van der Waals surface area contributed by atoms with Crippen molar-refractivity contribution in [2.75, 3.05) is 0 Å². The third-order valence-corrected chi connectivity index (χ3v) is 2.57. The van der Waals surface area contributed by atoms with E-state index < -0.39 is 0 Å². The highest BCUT2D eigenvalue weighted by Crippen LogP contribution is 2.30. The molecule has 2 aromatic rings. The van der Waals surface area contributed by atoms with Crippen LogP contribution in [-0.4, -0.2) is 15.9 Å². The van der Waals surface area contributed by atoms with Gasteiger partial charge in [-0.1, -0.05) is 0 Å². The Kier molecular flexibility index (Phi) is 2.03. The molecule has 2 rings (SSSR count). The van der Waals surface area contributed by atoms with Gasteiger partial charge in [-0.2, -0.15) is 0 Å². The lowest BCUT2D eigenvalue weighted by atomic mass is 10.1. The first kappa shape index (κ1) is 9.77. The average molecular weight is 203 g/mol. The zero-order valence-electron chi connectivity index (χ0n) is 9.01. The maximum absolute atomic E-state index is 11.5. The van der Waals surface area contributed by atoms with Crippen LogP contribution >= 0.6 is 0 Å². The van der Waals surface area contributed by atoms with Crippen LogP contribution in [0.4, 0.5) is 0 Å². The minimum Gasteiger partial charge on any atom is -0.506 e. The monoisotopic (exact) mass is 203 g/mol. The number of hydrogen-bond acceptors (Lipinski definition) is 2. The Hall–Kier alpha value is -1.77. The number of ketones is 1. The molecule has 0 saturated carbocycles. The van der Waals surface area contributed by atoms with Gasteiger partial charge in [-0.15, -0.1) is 0 Å². The van der Waals surface area contributed by atoms with E-state index in [1.54, 1.807) is 6.07 Å². The molecule has 0 atom stereocenters. The van der Waals surface area contributed by atoms with Gasteiger partial charge < -0.3 is 10.1 Å². The van der Waals surface area contributed by atoms with Gasteiger partial charge in [-0.05, 0) is 38.5 Å². The summed E-state index contributed by atoms with van der Waals surface area (Å²) < 4.78 is 0. The van der Waals surface area contributed by atoms with E-state index in [0.29, 0.717) is 11.1 Å². The Labute approximate surface area is 87.7 Å². The average Bonchev–Trinajstić information content (AvgIpc) is 2.41. The number of phenolic OH excluding ortho intramolecular Hbond substituents is 1. The van der Waals surface area contributed by atoms with Crippen LogP contribution < -0.4 is 0 Å². The van der Waals surface area contributed by atoms with E-state index in [9.17, 15) is 9.90 Å². The van der Waals surface area contributed by atoms with Crippen LogP contribution in [0.25, 0.3) is 10.9 Å². The lowest BCUT2D eigenvalue weighted by molar-refractivity contribution is 0.101. The molecule has 0 bridgehead atoms. The second-order valence-electron chi connectivity index (χ2n) is 3.89. The van der Waals surface area contributed by atoms with E-state index in [0.717, 1.165) is 16.6 Å². The molecule has 0 aliphatic heterocycles. The number of rotatable bonds is 1. The number of phenols is 1. The molecule has 0 spiro atoms. The van der Waals surface area contributed by atoms with E-state index in [-0.39, 0.29) is 11.5 Å². The van der Waals surface area contributed by atoms with Gasteiger partial charge >= 0.3 is 0 Å².